The lowest BCUT2D eigenvalue weighted by atomic mass is 10.1. The first-order valence-corrected chi connectivity index (χ1v) is 7.29. The lowest BCUT2D eigenvalue weighted by molar-refractivity contribution is 0.621. The number of benzene rings is 1. The van der Waals surface area contributed by atoms with Gasteiger partial charge in [0.05, 0.1) is 16.4 Å². The molecule has 1 saturated heterocycles. The zero-order valence-electron chi connectivity index (χ0n) is 9.21. The Kier molecular flexibility index (Phi) is 3.89. The second-order valence-corrected chi connectivity index (χ2v) is 6.22. The smallest absolute Gasteiger partial charge is 0.143 e. The highest BCUT2D eigenvalue weighted by Gasteiger charge is 2.18. The SMILES string of the molecule is Nc1cc(F)c(Cl)cc1NC1CCS(=O)CC1. The molecule has 1 aliphatic rings. The fourth-order valence-corrected chi connectivity index (χ4v) is 3.31. The van der Waals surface area contributed by atoms with E-state index in [9.17, 15) is 8.60 Å². The van der Waals surface area contributed by atoms with Crippen LogP contribution in [0.2, 0.25) is 5.02 Å². The molecule has 0 aromatic heterocycles. The second kappa shape index (κ2) is 5.23. The van der Waals surface area contributed by atoms with E-state index in [1.54, 1.807) is 0 Å². The van der Waals surface area contributed by atoms with Gasteiger partial charge in [0.1, 0.15) is 5.82 Å². The first kappa shape index (κ1) is 12.6. The van der Waals surface area contributed by atoms with E-state index in [2.05, 4.69) is 5.32 Å². The minimum atomic E-state index is -0.690. The summed E-state index contributed by atoms with van der Waals surface area (Å²) in [5.74, 6) is 0.887. The second-order valence-electron chi connectivity index (χ2n) is 4.12. The number of rotatable bonds is 2. The molecular weight excluding hydrogens is 263 g/mol. The summed E-state index contributed by atoms with van der Waals surface area (Å²) in [5.41, 5.74) is 6.71. The Labute approximate surface area is 107 Å². The maximum Gasteiger partial charge on any atom is 0.143 e. The summed E-state index contributed by atoms with van der Waals surface area (Å²) in [6.07, 6.45) is 1.67. The van der Waals surface area contributed by atoms with E-state index in [1.165, 1.54) is 12.1 Å². The maximum absolute atomic E-state index is 13.1. The average molecular weight is 277 g/mol. The Morgan fingerprint density at radius 1 is 1.41 bits per heavy atom. The molecule has 6 heteroatoms. The van der Waals surface area contributed by atoms with Gasteiger partial charge in [-0.15, -0.1) is 0 Å². The van der Waals surface area contributed by atoms with Gasteiger partial charge in [-0.05, 0) is 18.9 Å². The molecule has 0 atom stereocenters. The molecule has 0 unspecified atom stereocenters. The lowest BCUT2D eigenvalue weighted by Crippen LogP contribution is -2.29. The number of nitrogen functional groups attached to an aromatic ring is 1. The topological polar surface area (TPSA) is 55.1 Å². The number of hydrogen-bond donors (Lipinski definition) is 2. The predicted octanol–water partition coefficient (Wildman–Crippen LogP) is 2.38. The average Bonchev–Trinajstić information content (AvgIpc) is 2.29. The van der Waals surface area contributed by atoms with Gasteiger partial charge in [0.15, 0.2) is 0 Å². The van der Waals surface area contributed by atoms with Crippen molar-refractivity contribution in [2.24, 2.45) is 0 Å². The maximum atomic E-state index is 13.1. The van der Waals surface area contributed by atoms with Gasteiger partial charge in [0.2, 0.25) is 0 Å². The van der Waals surface area contributed by atoms with Crippen molar-refractivity contribution in [1.29, 1.82) is 0 Å². The third-order valence-electron chi connectivity index (χ3n) is 2.84. The highest BCUT2D eigenvalue weighted by atomic mass is 35.5. The molecule has 17 heavy (non-hydrogen) atoms. The third-order valence-corrected chi connectivity index (χ3v) is 4.51. The zero-order valence-corrected chi connectivity index (χ0v) is 10.8. The first-order valence-electron chi connectivity index (χ1n) is 5.42. The molecule has 0 bridgehead atoms. The molecule has 0 aliphatic carbocycles. The molecule has 1 aromatic carbocycles. The van der Waals surface area contributed by atoms with Gasteiger partial charge in [-0.2, -0.15) is 0 Å². The van der Waals surface area contributed by atoms with E-state index in [-0.39, 0.29) is 11.1 Å². The quantitative estimate of drug-likeness (QED) is 0.816. The molecular formula is C11H14ClFN2OS. The molecule has 0 saturated carbocycles. The Hall–Kier alpha value is -0.810. The molecule has 1 fully saturated rings. The Morgan fingerprint density at radius 2 is 2.06 bits per heavy atom. The van der Waals surface area contributed by atoms with Gasteiger partial charge in [-0.25, -0.2) is 4.39 Å². The van der Waals surface area contributed by atoms with E-state index in [4.69, 9.17) is 17.3 Å². The van der Waals surface area contributed by atoms with Crippen LogP contribution < -0.4 is 11.1 Å². The molecule has 0 radical (unpaired) electrons. The fraction of sp³-hybridized carbons (Fsp3) is 0.455. The zero-order chi connectivity index (χ0) is 12.4. The monoisotopic (exact) mass is 276 g/mol. The van der Waals surface area contributed by atoms with Crippen LogP contribution >= 0.6 is 11.6 Å². The number of halogens is 2. The summed E-state index contributed by atoms with van der Waals surface area (Å²) in [6, 6.07) is 2.94. The van der Waals surface area contributed by atoms with Gasteiger partial charge >= 0.3 is 0 Å². The van der Waals surface area contributed by atoms with Gasteiger partial charge in [0, 0.05) is 34.4 Å². The van der Waals surface area contributed by atoms with Crippen LogP contribution in [0.3, 0.4) is 0 Å². The molecule has 1 aliphatic heterocycles. The summed E-state index contributed by atoms with van der Waals surface area (Å²) in [7, 11) is -0.690. The van der Waals surface area contributed by atoms with E-state index in [1.807, 2.05) is 0 Å². The van der Waals surface area contributed by atoms with Crippen LogP contribution in [0.4, 0.5) is 15.8 Å². The standard InChI is InChI=1S/C11H14ClFN2OS/c12-8-5-11(10(14)6-9(8)13)15-7-1-3-17(16)4-2-7/h5-7,15H,1-4,14H2. The van der Waals surface area contributed by atoms with Crippen molar-refractivity contribution < 1.29 is 8.60 Å². The number of hydrogen-bond acceptors (Lipinski definition) is 3. The van der Waals surface area contributed by atoms with E-state index in [0.29, 0.717) is 22.9 Å². The summed E-state index contributed by atoms with van der Waals surface area (Å²) in [5, 5.41) is 3.28. The molecule has 2 rings (SSSR count). The highest BCUT2D eigenvalue weighted by molar-refractivity contribution is 7.85. The van der Waals surface area contributed by atoms with Crippen molar-refractivity contribution in [3.63, 3.8) is 0 Å². The fourth-order valence-electron chi connectivity index (χ4n) is 1.85. The van der Waals surface area contributed by atoms with Crippen LogP contribution in [-0.2, 0) is 10.8 Å². The van der Waals surface area contributed by atoms with Crippen LogP contribution in [0.5, 0.6) is 0 Å². The van der Waals surface area contributed by atoms with Gasteiger partial charge in [0.25, 0.3) is 0 Å². The largest absolute Gasteiger partial charge is 0.397 e. The molecule has 3 N–H and O–H groups in total. The van der Waals surface area contributed by atoms with Gasteiger partial charge in [-0.3, -0.25) is 4.21 Å². The van der Waals surface area contributed by atoms with Crippen LogP contribution in [0.1, 0.15) is 12.8 Å². The van der Waals surface area contributed by atoms with Crippen molar-refractivity contribution in [2.75, 3.05) is 22.6 Å². The van der Waals surface area contributed by atoms with Crippen molar-refractivity contribution >= 4 is 33.8 Å². The molecule has 1 heterocycles. The summed E-state index contributed by atoms with van der Waals surface area (Å²) in [6.45, 7) is 0. The molecule has 1 aromatic rings. The van der Waals surface area contributed by atoms with Crippen molar-refractivity contribution in [1.82, 2.24) is 0 Å². The number of nitrogens with two attached hydrogens (primary N) is 1. The number of nitrogens with one attached hydrogen (secondary N) is 1. The third kappa shape index (κ3) is 3.10. The van der Waals surface area contributed by atoms with E-state index >= 15 is 0 Å². The summed E-state index contributed by atoms with van der Waals surface area (Å²) < 4.78 is 24.3. The summed E-state index contributed by atoms with van der Waals surface area (Å²) in [4.78, 5) is 0. The van der Waals surface area contributed by atoms with Crippen molar-refractivity contribution in [3.8, 4) is 0 Å². The minimum Gasteiger partial charge on any atom is -0.397 e. The van der Waals surface area contributed by atoms with E-state index < -0.39 is 16.6 Å². The van der Waals surface area contributed by atoms with Crippen LogP contribution in [0.15, 0.2) is 12.1 Å². The predicted molar refractivity (Wildman–Crippen MR) is 70.3 cm³/mol. The summed E-state index contributed by atoms with van der Waals surface area (Å²) >= 11 is 5.71. The highest BCUT2D eigenvalue weighted by Crippen LogP contribution is 2.28. The molecule has 94 valence electrons. The van der Waals surface area contributed by atoms with Crippen LogP contribution in [0.25, 0.3) is 0 Å². The molecule has 0 spiro atoms. The Bertz CT molecular complexity index is 445. The Balaban J connectivity index is 2.08. The van der Waals surface area contributed by atoms with Gasteiger partial charge in [-0.1, -0.05) is 11.6 Å². The molecule has 0 amide bonds. The van der Waals surface area contributed by atoms with Crippen molar-refractivity contribution in [2.45, 2.75) is 18.9 Å². The van der Waals surface area contributed by atoms with E-state index in [0.717, 1.165) is 12.8 Å². The normalized spacial score (nSPS) is 24.6. The number of anilines is 2. The Morgan fingerprint density at radius 3 is 2.71 bits per heavy atom. The van der Waals surface area contributed by atoms with Gasteiger partial charge < -0.3 is 11.1 Å². The van der Waals surface area contributed by atoms with Crippen molar-refractivity contribution in [3.05, 3.63) is 23.0 Å². The minimum absolute atomic E-state index is 0.0566. The first-order chi connectivity index (χ1) is 8.06. The molecule has 3 nitrogen and oxygen atoms in total. The lowest BCUT2D eigenvalue weighted by Gasteiger charge is -2.24. The van der Waals surface area contributed by atoms with Crippen LogP contribution in [0, 0.1) is 5.82 Å². The van der Waals surface area contributed by atoms with Crippen LogP contribution in [-0.4, -0.2) is 21.8 Å².